The normalized spacial score (nSPS) is 17.0. The number of anilines is 1. The standard InChI is InChI=1S/C27H31FN4/c1-27(29,20-32-17-15-30-16-18-32)19-26(24-9-5-6-10-25(24)28)31-23-13-11-22(12-14-23)21-7-3-2-4-8-21/h2-14,19,30-31H,15-18,20,29H2,1H3/p+2. The Morgan fingerprint density at radius 2 is 1.59 bits per heavy atom. The number of nitrogens with zero attached hydrogens (tertiary/aromatic N) is 1. The summed E-state index contributed by atoms with van der Waals surface area (Å²) >= 11 is 0. The minimum absolute atomic E-state index is 0.240. The van der Waals surface area contributed by atoms with Gasteiger partial charge in [-0.15, -0.1) is 0 Å². The summed E-state index contributed by atoms with van der Waals surface area (Å²) in [5.74, 6) is -0.240. The van der Waals surface area contributed by atoms with Crippen molar-refractivity contribution in [3.63, 3.8) is 0 Å². The predicted octanol–water partition coefficient (Wildman–Crippen LogP) is 2.83. The lowest BCUT2D eigenvalue weighted by molar-refractivity contribution is -0.663. The van der Waals surface area contributed by atoms with Crippen LogP contribution in [0.2, 0.25) is 0 Å². The van der Waals surface area contributed by atoms with E-state index in [4.69, 9.17) is 0 Å². The van der Waals surface area contributed by atoms with Crippen LogP contribution in [-0.4, -0.2) is 43.2 Å². The Morgan fingerprint density at radius 1 is 0.969 bits per heavy atom. The van der Waals surface area contributed by atoms with Crippen LogP contribution in [0.4, 0.5) is 10.1 Å². The molecule has 1 saturated heterocycles. The van der Waals surface area contributed by atoms with Gasteiger partial charge in [0.2, 0.25) is 0 Å². The van der Waals surface area contributed by atoms with E-state index < -0.39 is 0 Å². The second-order valence-corrected chi connectivity index (χ2v) is 8.90. The smallest absolute Gasteiger partial charge is 0.132 e. The van der Waals surface area contributed by atoms with E-state index in [-0.39, 0.29) is 11.4 Å². The van der Waals surface area contributed by atoms with Gasteiger partial charge < -0.3 is 16.4 Å². The van der Waals surface area contributed by atoms with E-state index in [0.717, 1.165) is 49.7 Å². The highest BCUT2D eigenvalue weighted by atomic mass is 19.1. The summed E-state index contributed by atoms with van der Waals surface area (Å²) in [6, 6.07) is 25.5. The number of hydrogen-bond acceptors (Lipinski definition) is 2. The fraction of sp³-hybridized carbons (Fsp3) is 0.259. The second-order valence-electron chi connectivity index (χ2n) is 8.90. The van der Waals surface area contributed by atoms with Crippen molar-refractivity contribution in [1.29, 1.82) is 0 Å². The van der Waals surface area contributed by atoms with Gasteiger partial charge >= 0.3 is 0 Å². The molecule has 5 heteroatoms. The van der Waals surface area contributed by atoms with Gasteiger partial charge in [-0.2, -0.15) is 0 Å². The van der Waals surface area contributed by atoms with E-state index in [1.165, 1.54) is 11.6 Å². The number of hydrogen-bond donors (Lipinski definition) is 3. The lowest BCUT2D eigenvalue weighted by atomic mass is 9.97. The van der Waals surface area contributed by atoms with Gasteiger partial charge in [-0.1, -0.05) is 54.6 Å². The summed E-state index contributed by atoms with van der Waals surface area (Å²) in [5, 5.41) is 5.81. The van der Waals surface area contributed by atoms with Crippen molar-refractivity contribution >= 4 is 11.4 Å². The molecule has 0 spiro atoms. The minimum Gasteiger partial charge on any atom is -0.355 e. The number of nitrogens with one attached hydrogen (secondary N) is 1. The molecule has 3 aromatic rings. The first-order valence-corrected chi connectivity index (χ1v) is 11.3. The Kier molecular flexibility index (Phi) is 7.00. The molecule has 1 heterocycles. The average molecular weight is 433 g/mol. The highest BCUT2D eigenvalue weighted by Crippen LogP contribution is 2.26. The highest BCUT2D eigenvalue weighted by Gasteiger charge is 2.27. The first-order valence-electron chi connectivity index (χ1n) is 11.3. The number of benzene rings is 3. The van der Waals surface area contributed by atoms with E-state index in [0.29, 0.717) is 5.56 Å². The zero-order valence-electron chi connectivity index (χ0n) is 18.7. The molecular formula is C27H33FN4+2. The van der Waals surface area contributed by atoms with Gasteiger partial charge in [0.25, 0.3) is 0 Å². The molecule has 1 atom stereocenters. The van der Waals surface area contributed by atoms with Crippen LogP contribution in [0.1, 0.15) is 12.5 Å². The van der Waals surface area contributed by atoms with Crippen molar-refractivity contribution in [2.45, 2.75) is 12.5 Å². The molecule has 0 aromatic heterocycles. The number of piperazine rings is 1. The SMILES string of the molecule is CC([NH3+])(C=C(Nc1ccc(-c2ccccc2)cc1)c1ccccc1F)CN1CC[NH2+]CC1. The van der Waals surface area contributed by atoms with Crippen molar-refractivity contribution in [1.82, 2.24) is 4.90 Å². The lowest BCUT2D eigenvalue weighted by Gasteiger charge is -2.30. The molecule has 0 saturated carbocycles. The van der Waals surface area contributed by atoms with E-state index in [9.17, 15) is 4.39 Å². The molecule has 0 radical (unpaired) electrons. The fourth-order valence-corrected chi connectivity index (χ4v) is 4.26. The fourth-order valence-electron chi connectivity index (χ4n) is 4.26. The predicted molar refractivity (Wildman–Crippen MR) is 129 cm³/mol. The van der Waals surface area contributed by atoms with Crippen molar-refractivity contribution in [3.05, 3.63) is 96.3 Å². The maximum absolute atomic E-state index is 14.7. The maximum atomic E-state index is 14.7. The molecule has 3 aromatic carbocycles. The Labute approximate surface area is 189 Å². The third-order valence-corrected chi connectivity index (χ3v) is 5.81. The van der Waals surface area contributed by atoms with E-state index >= 15 is 0 Å². The number of quaternary nitrogens is 2. The number of halogens is 1. The monoisotopic (exact) mass is 432 g/mol. The van der Waals surface area contributed by atoms with Crippen molar-refractivity contribution in [2.24, 2.45) is 0 Å². The molecule has 0 bridgehead atoms. The summed E-state index contributed by atoms with van der Waals surface area (Å²) in [7, 11) is 0. The van der Waals surface area contributed by atoms with Crippen LogP contribution < -0.4 is 16.4 Å². The van der Waals surface area contributed by atoms with E-state index in [1.807, 2.05) is 42.5 Å². The summed E-state index contributed by atoms with van der Waals surface area (Å²) in [5.41, 5.74) is 8.65. The first kappa shape index (κ1) is 22.2. The maximum Gasteiger partial charge on any atom is 0.132 e. The van der Waals surface area contributed by atoms with Crippen molar-refractivity contribution < 1.29 is 15.4 Å². The molecule has 4 nitrogen and oxygen atoms in total. The molecule has 32 heavy (non-hydrogen) atoms. The zero-order chi connectivity index (χ0) is 22.4. The molecule has 6 N–H and O–H groups in total. The van der Waals surface area contributed by atoms with Crippen LogP contribution >= 0.6 is 0 Å². The van der Waals surface area contributed by atoms with Crippen LogP contribution in [0, 0.1) is 5.82 Å². The quantitative estimate of drug-likeness (QED) is 0.538. The molecular weight excluding hydrogens is 399 g/mol. The van der Waals surface area contributed by atoms with E-state index in [1.54, 1.807) is 6.07 Å². The van der Waals surface area contributed by atoms with Crippen molar-refractivity contribution in [2.75, 3.05) is 38.0 Å². The number of nitrogens with two attached hydrogens (primary N) is 1. The van der Waals surface area contributed by atoms with Gasteiger partial charge in [-0.05, 0) is 42.3 Å². The number of rotatable bonds is 7. The Balaban J connectivity index is 1.60. The zero-order valence-corrected chi connectivity index (χ0v) is 18.7. The highest BCUT2D eigenvalue weighted by molar-refractivity contribution is 5.78. The summed E-state index contributed by atoms with van der Waals surface area (Å²) in [6.07, 6.45) is 2.08. The summed E-state index contributed by atoms with van der Waals surface area (Å²) in [4.78, 5) is 2.44. The molecule has 0 amide bonds. The van der Waals surface area contributed by atoms with Gasteiger partial charge in [0, 0.05) is 30.4 Å². The second kappa shape index (κ2) is 10.1. The van der Waals surface area contributed by atoms with Crippen LogP contribution in [0.3, 0.4) is 0 Å². The van der Waals surface area contributed by atoms with Gasteiger partial charge in [0.1, 0.15) is 11.4 Å². The average Bonchev–Trinajstić information content (AvgIpc) is 2.80. The van der Waals surface area contributed by atoms with Crippen LogP contribution in [0.15, 0.2) is 84.9 Å². The van der Waals surface area contributed by atoms with Crippen LogP contribution in [-0.2, 0) is 0 Å². The molecule has 1 aliphatic heterocycles. The Morgan fingerprint density at radius 3 is 2.28 bits per heavy atom. The van der Waals surface area contributed by atoms with Gasteiger partial charge in [-0.25, -0.2) is 4.39 Å². The summed E-state index contributed by atoms with van der Waals surface area (Å²) < 4.78 is 14.7. The molecule has 4 rings (SSSR count). The lowest BCUT2D eigenvalue weighted by Crippen LogP contribution is -2.90. The van der Waals surface area contributed by atoms with Gasteiger partial charge in [-0.3, -0.25) is 4.90 Å². The van der Waals surface area contributed by atoms with Crippen LogP contribution in [0.5, 0.6) is 0 Å². The Bertz CT molecular complexity index is 1040. The third kappa shape index (κ3) is 5.82. The molecule has 1 fully saturated rings. The molecule has 1 aliphatic rings. The van der Waals surface area contributed by atoms with E-state index in [2.05, 4.69) is 58.5 Å². The first-order chi connectivity index (χ1) is 15.5. The van der Waals surface area contributed by atoms with Gasteiger partial charge in [0.05, 0.1) is 25.3 Å². The minimum atomic E-state index is -0.355. The molecule has 0 aliphatic carbocycles. The van der Waals surface area contributed by atoms with Gasteiger partial charge in [0.15, 0.2) is 0 Å². The topological polar surface area (TPSA) is 59.5 Å². The Hall–Kier alpha value is -2.99. The molecule has 166 valence electrons. The largest absolute Gasteiger partial charge is 0.355 e. The molecule has 1 unspecified atom stereocenters. The van der Waals surface area contributed by atoms with Crippen LogP contribution in [0.25, 0.3) is 16.8 Å². The van der Waals surface area contributed by atoms with Crippen molar-refractivity contribution in [3.8, 4) is 11.1 Å². The summed E-state index contributed by atoms with van der Waals surface area (Å²) in [6.45, 7) is 7.31. The third-order valence-electron chi connectivity index (χ3n) is 5.81.